The number of carbonyl (C=O) groups is 1. The molecule has 0 atom stereocenters. The lowest BCUT2D eigenvalue weighted by Crippen LogP contribution is -2.40. The first-order valence-corrected chi connectivity index (χ1v) is 7.28. The first-order valence-electron chi connectivity index (χ1n) is 6.87. The number of hydrogen-bond donors (Lipinski definition) is 2. The number of rotatable bonds is 4. The minimum absolute atomic E-state index is 0.143. The molecule has 0 spiro atoms. The van der Waals surface area contributed by atoms with E-state index in [1.165, 1.54) is 0 Å². The molecule has 1 amide bonds. The Balaban J connectivity index is 1.90. The van der Waals surface area contributed by atoms with Gasteiger partial charge < -0.3 is 15.7 Å². The Morgan fingerprint density at radius 2 is 1.90 bits per heavy atom. The molecule has 1 aliphatic heterocycles. The lowest BCUT2D eigenvalue weighted by Gasteiger charge is -2.31. The van der Waals surface area contributed by atoms with E-state index in [4.69, 9.17) is 23.1 Å². The second-order valence-corrected chi connectivity index (χ2v) is 5.68. The summed E-state index contributed by atoms with van der Waals surface area (Å²) in [5.41, 5.74) is 7.33. The topological polar surface area (TPSA) is 66.6 Å². The zero-order valence-corrected chi connectivity index (χ0v) is 12.2. The van der Waals surface area contributed by atoms with Crippen LogP contribution in [0.1, 0.15) is 24.0 Å². The summed E-state index contributed by atoms with van der Waals surface area (Å²) in [5.74, 6) is 0.494. The largest absolute Gasteiger partial charge is 0.396 e. The molecular weight excluding hydrogens is 272 g/mol. The highest BCUT2D eigenvalue weighted by Gasteiger charge is 2.22. The maximum atomic E-state index is 12.2. The summed E-state index contributed by atoms with van der Waals surface area (Å²) in [7, 11) is 0. The smallest absolute Gasteiger partial charge is 0.226 e. The molecule has 0 saturated carbocycles. The number of likely N-dealkylation sites (tertiary alicyclic amines) is 1. The summed E-state index contributed by atoms with van der Waals surface area (Å²) >= 11 is 4.90. The number of benzene rings is 1. The van der Waals surface area contributed by atoms with Gasteiger partial charge in [-0.15, -0.1) is 0 Å². The molecule has 4 nitrogen and oxygen atoms in total. The van der Waals surface area contributed by atoms with Crippen LogP contribution in [0.5, 0.6) is 0 Å². The van der Waals surface area contributed by atoms with Crippen LogP contribution < -0.4 is 5.73 Å². The standard InChI is InChI=1S/C15H20N2O2S/c16-15(20)13-3-1-11(2-4-13)9-14(19)17-7-5-12(10-18)6-8-17/h1-4,12,18H,5-10H2,(H2,16,20). The maximum absolute atomic E-state index is 12.2. The highest BCUT2D eigenvalue weighted by atomic mass is 32.1. The molecule has 0 bridgehead atoms. The van der Waals surface area contributed by atoms with Crippen molar-refractivity contribution < 1.29 is 9.90 Å². The fourth-order valence-corrected chi connectivity index (χ4v) is 2.57. The van der Waals surface area contributed by atoms with Crippen LogP contribution in [0.2, 0.25) is 0 Å². The molecule has 20 heavy (non-hydrogen) atoms. The average Bonchev–Trinajstić information content (AvgIpc) is 2.48. The van der Waals surface area contributed by atoms with E-state index in [-0.39, 0.29) is 12.5 Å². The molecule has 1 aliphatic rings. The molecule has 1 heterocycles. The van der Waals surface area contributed by atoms with E-state index in [0.29, 0.717) is 17.3 Å². The minimum atomic E-state index is 0.143. The average molecular weight is 292 g/mol. The summed E-state index contributed by atoms with van der Waals surface area (Å²) in [4.78, 5) is 14.4. The number of aliphatic hydroxyl groups excluding tert-OH is 1. The molecule has 5 heteroatoms. The molecule has 0 radical (unpaired) electrons. The van der Waals surface area contributed by atoms with Gasteiger partial charge in [0, 0.05) is 25.3 Å². The molecule has 1 saturated heterocycles. The Morgan fingerprint density at radius 1 is 1.30 bits per heavy atom. The second kappa shape index (κ2) is 6.81. The monoisotopic (exact) mass is 292 g/mol. The Labute approximate surface area is 124 Å². The fourth-order valence-electron chi connectivity index (χ4n) is 2.44. The van der Waals surface area contributed by atoms with Gasteiger partial charge in [0.05, 0.1) is 6.42 Å². The van der Waals surface area contributed by atoms with Gasteiger partial charge in [-0.05, 0) is 24.3 Å². The summed E-state index contributed by atoms with van der Waals surface area (Å²) in [6.45, 7) is 1.71. The van der Waals surface area contributed by atoms with E-state index >= 15 is 0 Å². The van der Waals surface area contributed by atoms with Crippen molar-refractivity contribution in [2.24, 2.45) is 11.7 Å². The van der Waals surface area contributed by atoms with Gasteiger partial charge in [0.25, 0.3) is 0 Å². The fraction of sp³-hybridized carbons (Fsp3) is 0.467. The number of thiocarbonyl (C=S) groups is 1. The van der Waals surface area contributed by atoms with Crippen LogP contribution in [0.25, 0.3) is 0 Å². The summed E-state index contributed by atoms with van der Waals surface area (Å²) < 4.78 is 0. The Morgan fingerprint density at radius 3 is 2.40 bits per heavy atom. The zero-order chi connectivity index (χ0) is 14.5. The first-order chi connectivity index (χ1) is 9.60. The molecule has 1 fully saturated rings. The van der Waals surface area contributed by atoms with Crippen LogP contribution in [-0.2, 0) is 11.2 Å². The molecule has 0 aliphatic carbocycles. The van der Waals surface area contributed by atoms with Gasteiger partial charge in [0.2, 0.25) is 5.91 Å². The van der Waals surface area contributed by atoms with E-state index in [1.54, 1.807) is 0 Å². The molecule has 1 aromatic carbocycles. The van der Waals surface area contributed by atoms with Crippen LogP contribution in [0.4, 0.5) is 0 Å². The van der Waals surface area contributed by atoms with Gasteiger partial charge in [-0.3, -0.25) is 4.79 Å². The second-order valence-electron chi connectivity index (χ2n) is 5.24. The van der Waals surface area contributed by atoms with E-state index in [0.717, 1.165) is 37.1 Å². The van der Waals surface area contributed by atoms with E-state index in [2.05, 4.69) is 0 Å². The van der Waals surface area contributed by atoms with E-state index in [9.17, 15) is 4.79 Å². The molecule has 2 rings (SSSR count). The lowest BCUT2D eigenvalue weighted by molar-refractivity contribution is -0.132. The quantitative estimate of drug-likeness (QED) is 0.815. The number of carbonyl (C=O) groups excluding carboxylic acids is 1. The van der Waals surface area contributed by atoms with Gasteiger partial charge in [-0.1, -0.05) is 36.5 Å². The number of hydrogen-bond acceptors (Lipinski definition) is 3. The molecule has 0 unspecified atom stereocenters. The summed E-state index contributed by atoms with van der Waals surface area (Å²) in [6, 6.07) is 7.49. The van der Waals surface area contributed by atoms with Gasteiger partial charge >= 0.3 is 0 Å². The summed E-state index contributed by atoms with van der Waals surface area (Å²) in [5, 5.41) is 9.10. The third kappa shape index (κ3) is 3.77. The SMILES string of the molecule is NC(=S)c1ccc(CC(=O)N2CCC(CO)CC2)cc1. The van der Waals surface area contributed by atoms with Crippen LogP contribution in [-0.4, -0.2) is 40.6 Å². The zero-order valence-electron chi connectivity index (χ0n) is 11.4. The Kier molecular flexibility index (Phi) is 5.09. The molecule has 0 aromatic heterocycles. The van der Waals surface area contributed by atoms with E-state index in [1.807, 2.05) is 29.2 Å². The Bertz CT molecular complexity index is 479. The van der Waals surface area contributed by atoms with Crippen molar-refractivity contribution in [1.82, 2.24) is 4.90 Å². The van der Waals surface area contributed by atoms with Gasteiger partial charge in [-0.25, -0.2) is 0 Å². The first kappa shape index (κ1) is 14.9. The van der Waals surface area contributed by atoms with Crippen molar-refractivity contribution in [1.29, 1.82) is 0 Å². The third-order valence-electron chi connectivity index (χ3n) is 3.82. The Hall–Kier alpha value is -1.46. The van der Waals surface area contributed by atoms with Crippen LogP contribution >= 0.6 is 12.2 Å². The highest BCUT2D eigenvalue weighted by molar-refractivity contribution is 7.80. The van der Waals surface area contributed by atoms with Crippen LogP contribution in [0.3, 0.4) is 0 Å². The van der Waals surface area contributed by atoms with E-state index < -0.39 is 0 Å². The lowest BCUT2D eigenvalue weighted by atomic mass is 9.97. The number of aliphatic hydroxyl groups is 1. The van der Waals surface area contributed by atoms with Crippen molar-refractivity contribution in [2.75, 3.05) is 19.7 Å². The predicted octanol–water partition coefficient (Wildman–Crippen LogP) is 1.09. The van der Waals surface area contributed by atoms with Crippen molar-refractivity contribution in [2.45, 2.75) is 19.3 Å². The number of amides is 1. The number of nitrogens with two attached hydrogens (primary N) is 1. The van der Waals surface area contributed by atoms with Crippen molar-refractivity contribution in [3.63, 3.8) is 0 Å². The van der Waals surface area contributed by atoms with Crippen molar-refractivity contribution >= 4 is 23.1 Å². The molecule has 108 valence electrons. The van der Waals surface area contributed by atoms with Gasteiger partial charge in [-0.2, -0.15) is 0 Å². The van der Waals surface area contributed by atoms with Crippen molar-refractivity contribution in [3.8, 4) is 0 Å². The number of nitrogens with zero attached hydrogens (tertiary/aromatic N) is 1. The van der Waals surface area contributed by atoms with Gasteiger partial charge in [0.1, 0.15) is 4.99 Å². The molecule has 1 aromatic rings. The number of piperidine rings is 1. The maximum Gasteiger partial charge on any atom is 0.226 e. The molecular formula is C15H20N2O2S. The van der Waals surface area contributed by atoms with Crippen molar-refractivity contribution in [3.05, 3.63) is 35.4 Å². The summed E-state index contributed by atoms with van der Waals surface area (Å²) in [6.07, 6.45) is 2.19. The minimum Gasteiger partial charge on any atom is -0.396 e. The van der Waals surface area contributed by atoms with Crippen LogP contribution in [0.15, 0.2) is 24.3 Å². The highest BCUT2D eigenvalue weighted by Crippen LogP contribution is 2.17. The van der Waals surface area contributed by atoms with Gasteiger partial charge in [0.15, 0.2) is 0 Å². The predicted molar refractivity (Wildman–Crippen MR) is 82.4 cm³/mol. The normalized spacial score (nSPS) is 16.1. The third-order valence-corrected chi connectivity index (χ3v) is 4.05. The van der Waals surface area contributed by atoms with Crippen LogP contribution in [0, 0.1) is 5.92 Å². The molecule has 3 N–H and O–H groups in total.